The molecule has 1 unspecified atom stereocenters. The zero-order chi connectivity index (χ0) is 10.9. The fourth-order valence-electron chi connectivity index (χ4n) is 1.64. The molecule has 0 radical (unpaired) electrons. The van der Waals surface area contributed by atoms with E-state index < -0.39 is 5.54 Å². The summed E-state index contributed by atoms with van der Waals surface area (Å²) >= 11 is 0. The second kappa shape index (κ2) is 3.67. The van der Waals surface area contributed by atoms with Gasteiger partial charge in [-0.3, -0.25) is 19.8 Å². The lowest BCUT2D eigenvalue weighted by Crippen LogP contribution is -2.66. The first-order valence-electron chi connectivity index (χ1n) is 4.70. The van der Waals surface area contributed by atoms with Crippen molar-refractivity contribution in [3.05, 3.63) is 0 Å². The van der Waals surface area contributed by atoms with Crippen molar-refractivity contribution in [1.29, 1.82) is 0 Å². The molecule has 0 aromatic heterocycles. The van der Waals surface area contributed by atoms with Crippen molar-refractivity contribution >= 4 is 11.8 Å². The molecule has 2 amide bonds. The van der Waals surface area contributed by atoms with Crippen LogP contribution in [0.2, 0.25) is 0 Å². The van der Waals surface area contributed by atoms with Gasteiger partial charge < -0.3 is 5.73 Å². The van der Waals surface area contributed by atoms with Crippen LogP contribution < -0.4 is 11.1 Å². The van der Waals surface area contributed by atoms with Crippen LogP contribution in [0, 0.1) is 0 Å². The van der Waals surface area contributed by atoms with Crippen molar-refractivity contribution in [3.8, 4) is 0 Å². The summed E-state index contributed by atoms with van der Waals surface area (Å²) in [5.41, 5.74) is 4.87. The maximum Gasteiger partial charge on any atom is 0.246 e. The Morgan fingerprint density at radius 1 is 1.57 bits per heavy atom. The first-order chi connectivity index (χ1) is 6.39. The highest BCUT2D eigenvalue weighted by atomic mass is 16.2. The van der Waals surface area contributed by atoms with Crippen LogP contribution in [0.3, 0.4) is 0 Å². The van der Waals surface area contributed by atoms with Crippen LogP contribution in [-0.4, -0.2) is 41.4 Å². The average Bonchev–Trinajstić information content (AvgIpc) is 2.10. The molecule has 1 heterocycles. The molecule has 3 N–H and O–H groups in total. The van der Waals surface area contributed by atoms with E-state index in [0.29, 0.717) is 6.54 Å². The number of hydrogen-bond donors (Lipinski definition) is 2. The molecule has 0 saturated carbocycles. The van der Waals surface area contributed by atoms with E-state index in [0.717, 1.165) is 0 Å². The van der Waals surface area contributed by atoms with Crippen LogP contribution in [0.25, 0.3) is 0 Å². The Labute approximate surface area is 83.6 Å². The molecule has 1 atom stereocenters. The lowest BCUT2D eigenvalue weighted by atomic mass is 9.96. The molecular weight excluding hydrogens is 182 g/mol. The molecule has 0 spiro atoms. The zero-order valence-corrected chi connectivity index (χ0v) is 8.83. The minimum Gasteiger partial charge on any atom is -0.329 e. The molecule has 0 bridgehead atoms. The van der Waals surface area contributed by atoms with Gasteiger partial charge in [0.05, 0.1) is 12.1 Å². The van der Waals surface area contributed by atoms with Crippen LogP contribution in [0.15, 0.2) is 0 Å². The fraction of sp³-hybridized carbons (Fsp3) is 0.778. The maximum absolute atomic E-state index is 11.5. The number of nitrogens with one attached hydrogen (secondary N) is 1. The summed E-state index contributed by atoms with van der Waals surface area (Å²) in [4.78, 5) is 24.5. The summed E-state index contributed by atoms with van der Waals surface area (Å²) in [5, 5.41) is 2.32. The van der Waals surface area contributed by atoms with E-state index in [2.05, 4.69) is 5.32 Å². The Kier molecular flexibility index (Phi) is 2.92. The second-order valence-corrected chi connectivity index (χ2v) is 4.15. The van der Waals surface area contributed by atoms with Gasteiger partial charge >= 0.3 is 0 Å². The lowest BCUT2D eigenvalue weighted by Gasteiger charge is -2.43. The van der Waals surface area contributed by atoms with Gasteiger partial charge in [0.25, 0.3) is 0 Å². The van der Waals surface area contributed by atoms with Gasteiger partial charge in [-0.05, 0) is 20.8 Å². The van der Waals surface area contributed by atoms with E-state index in [1.165, 1.54) is 0 Å². The number of hydrogen-bond acceptors (Lipinski definition) is 4. The minimum absolute atomic E-state index is 0.0278. The average molecular weight is 199 g/mol. The smallest absolute Gasteiger partial charge is 0.246 e. The topological polar surface area (TPSA) is 75.4 Å². The SMILES string of the molecule is CC(CN)N1CC(=O)NC(=O)C1(C)C. The molecule has 14 heavy (non-hydrogen) atoms. The van der Waals surface area contributed by atoms with Gasteiger partial charge in [-0.1, -0.05) is 0 Å². The maximum atomic E-state index is 11.5. The van der Waals surface area contributed by atoms with Crippen molar-refractivity contribution in [2.75, 3.05) is 13.1 Å². The van der Waals surface area contributed by atoms with Crippen molar-refractivity contribution in [2.45, 2.75) is 32.4 Å². The summed E-state index contributed by atoms with van der Waals surface area (Å²) in [6, 6.07) is 0.0278. The first kappa shape index (κ1) is 11.1. The minimum atomic E-state index is -0.660. The van der Waals surface area contributed by atoms with E-state index in [9.17, 15) is 9.59 Å². The van der Waals surface area contributed by atoms with Crippen molar-refractivity contribution in [3.63, 3.8) is 0 Å². The highest BCUT2D eigenvalue weighted by Crippen LogP contribution is 2.20. The molecule has 1 fully saturated rings. The zero-order valence-electron chi connectivity index (χ0n) is 8.83. The van der Waals surface area contributed by atoms with Crippen molar-refractivity contribution in [2.24, 2.45) is 5.73 Å². The molecule has 0 aromatic carbocycles. The van der Waals surface area contributed by atoms with E-state index in [-0.39, 0.29) is 24.4 Å². The molecular formula is C9H17N3O2. The van der Waals surface area contributed by atoms with Crippen LogP contribution >= 0.6 is 0 Å². The predicted octanol–water partition coefficient (Wildman–Crippen LogP) is -0.929. The number of imide groups is 1. The third-order valence-corrected chi connectivity index (χ3v) is 2.71. The van der Waals surface area contributed by atoms with Gasteiger partial charge in [0, 0.05) is 12.6 Å². The van der Waals surface area contributed by atoms with Crippen LogP contribution in [0.5, 0.6) is 0 Å². The first-order valence-corrected chi connectivity index (χ1v) is 4.70. The Morgan fingerprint density at radius 2 is 2.14 bits per heavy atom. The highest BCUT2D eigenvalue weighted by molar-refractivity contribution is 6.02. The van der Waals surface area contributed by atoms with Gasteiger partial charge in [-0.25, -0.2) is 0 Å². The van der Waals surface area contributed by atoms with Gasteiger partial charge in [-0.15, -0.1) is 0 Å². The van der Waals surface area contributed by atoms with E-state index in [4.69, 9.17) is 5.73 Å². The predicted molar refractivity (Wildman–Crippen MR) is 52.5 cm³/mol. The summed E-state index contributed by atoms with van der Waals surface area (Å²) in [6.45, 7) is 6.16. The lowest BCUT2D eigenvalue weighted by molar-refractivity contribution is -0.146. The Morgan fingerprint density at radius 3 is 2.64 bits per heavy atom. The number of amides is 2. The van der Waals surface area contributed by atoms with Crippen LogP contribution in [0.1, 0.15) is 20.8 Å². The van der Waals surface area contributed by atoms with Gasteiger partial charge in [0.15, 0.2) is 0 Å². The number of rotatable bonds is 2. The van der Waals surface area contributed by atoms with Gasteiger partial charge in [0.2, 0.25) is 11.8 Å². The third-order valence-electron chi connectivity index (χ3n) is 2.71. The van der Waals surface area contributed by atoms with E-state index >= 15 is 0 Å². The number of carbonyl (C=O) groups is 2. The molecule has 5 heteroatoms. The van der Waals surface area contributed by atoms with Gasteiger partial charge in [-0.2, -0.15) is 0 Å². The summed E-state index contributed by atoms with van der Waals surface area (Å²) < 4.78 is 0. The number of nitrogens with zero attached hydrogens (tertiary/aromatic N) is 1. The summed E-state index contributed by atoms with van der Waals surface area (Å²) in [7, 11) is 0. The third kappa shape index (κ3) is 1.78. The monoisotopic (exact) mass is 199 g/mol. The van der Waals surface area contributed by atoms with E-state index in [1.807, 2.05) is 11.8 Å². The largest absolute Gasteiger partial charge is 0.329 e. The molecule has 0 aromatic rings. The molecule has 1 saturated heterocycles. The highest BCUT2D eigenvalue weighted by Gasteiger charge is 2.42. The molecule has 1 aliphatic heterocycles. The number of nitrogens with two attached hydrogens (primary N) is 1. The van der Waals surface area contributed by atoms with Crippen LogP contribution in [-0.2, 0) is 9.59 Å². The molecule has 1 rings (SSSR count). The fourth-order valence-corrected chi connectivity index (χ4v) is 1.64. The molecule has 80 valence electrons. The number of piperazine rings is 1. The Hall–Kier alpha value is -0.940. The summed E-state index contributed by atoms with van der Waals surface area (Å²) in [6.07, 6.45) is 0. The summed E-state index contributed by atoms with van der Waals surface area (Å²) in [5.74, 6) is -0.510. The molecule has 0 aliphatic carbocycles. The molecule has 1 aliphatic rings. The quantitative estimate of drug-likeness (QED) is 0.563. The number of carbonyl (C=O) groups excluding carboxylic acids is 2. The van der Waals surface area contributed by atoms with Crippen LogP contribution in [0.4, 0.5) is 0 Å². The van der Waals surface area contributed by atoms with E-state index in [1.54, 1.807) is 13.8 Å². The Bertz CT molecular complexity index is 263. The standard InChI is InChI=1S/C9H17N3O2/c1-6(4-10)12-5-7(13)11-8(14)9(12,2)3/h6H,4-5,10H2,1-3H3,(H,11,13,14). The molecule has 5 nitrogen and oxygen atoms in total. The van der Waals surface area contributed by atoms with Gasteiger partial charge in [0.1, 0.15) is 0 Å². The van der Waals surface area contributed by atoms with Crippen molar-refractivity contribution < 1.29 is 9.59 Å². The van der Waals surface area contributed by atoms with Crippen molar-refractivity contribution in [1.82, 2.24) is 10.2 Å². The Balaban J connectivity index is 2.90. The normalized spacial score (nSPS) is 24.6. The second-order valence-electron chi connectivity index (χ2n) is 4.15.